The Labute approximate surface area is 89.2 Å². The van der Waals surface area contributed by atoms with Crippen molar-refractivity contribution in [3.63, 3.8) is 0 Å². The summed E-state index contributed by atoms with van der Waals surface area (Å²) in [6.07, 6.45) is 0.316. The minimum absolute atomic E-state index is 0.316. The average Bonchev–Trinajstić information content (AvgIpc) is 2.44. The number of rotatable bonds is 1. The van der Waals surface area contributed by atoms with Crippen molar-refractivity contribution in [1.29, 1.82) is 0 Å². The maximum absolute atomic E-state index is 5.69. The summed E-state index contributed by atoms with van der Waals surface area (Å²) in [5.74, 6) is 0. The first kappa shape index (κ1) is 10.0. The van der Waals surface area contributed by atoms with E-state index >= 15 is 0 Å². The summed E-state index contributed by atoms with van der Waals surface area (Å²) in [6, 6.07) is 10.5. The van der Waals surface area contributed by atoms with Crippen molar-refractivity contribution in [2.75, 3.05) is 13.2 Å². The molecule has 0 radical (unpaired) electrons. The van der Waals surface area contributed by atoms with Crippen LogP contribution >= 0.6 is 11.9 Å². The first-order chi connectivity index (χ1) is 6.86. The normalized spacial score (nSPS) is 28.4. The molecule has 14 heavy (non-hydrogen) atoms. The van der Waals surface area contributed by atoms with Crippen LogP contribution in [0.25, 0.3) is 0 Å². The number of nitrogens with one attached hydrogen (secondary N) is 1. The molecule has 1 aromatic rings. The second-order valence-electron chi connectivity index (χ2n) is 3.51. The fourth-order valence-corrected chi connectivity index (χ4v) is 2.41. The van der Waals surface area contributed by atoms with Gasteiger partial charge in [0, 0.05) is 6.54 Å². The molecule has 0 bridgehead atoms. The maximum atomic E-state index is 5.69. The van der Waals surface area contributed by atoms with Gasteiger partial charge in [0.2, 0.25) is 0 Å². The van der Waals surface area contributed by atoms with E-state index in [1.54, 1.807) is 11.9 Å². The lowest BCUT2D eigenvalue weighted by molar-refractivity contribution is 0.0754. The van der Waals surface area contributed by atoms with Gasteiger partial charge in [-0.3, -0.25) is 4.72 Å². The van der Waals surface area contributed by atoms with Crippen LogP contribution in [0.2, 0.25) is 0 Å². The van der Waals surface area contributed by atoms with Crippen LogP contribution in [0.1, 0.15) is 17.7 Å². The summed E-state index contributed by atoms with van der Waals surface area (Å²) >= 11 is 1.77. The standard InChI is InChI=1S/C11H15NOS/c1-9-7-12-14-11(8-13-9)10-5-3-2-4-6-10/h2-6,9,11-12H,7-8H2,1H3. The summed E-state index contributed by atoms with van der Waals surface area (Å²) < 4.78 is 9.02. The second kappa shape index (κ2) is 4.82. The van der Waals surface area contributed by atoms with Gasteiger partial charge in [-0.2, -0.15) is 0 Å². The molecule has 3 heteroatoms. The summed E-state index contributed by atoms with van der Waals surface area (Å²) in [5.41, 5.74) is 1.33. The lowest BCUT2D eigenvalue weighted by atomic mass is 10.1. The van der Waals surface area contributed by atoms with Crippen molar-refractivity contribution >= 4 is 11.9 Å². The molecule has 1 fully saturated rings. The number of benzene rings is 1. The highest BCUT2D eigenvalue weighted by atomic mass is 32.2. The quantitative estimate of drug-likeness (QED) is 0.718. The monoisotopic (exact) mass is 209 g/mol. The van der Waals surface area contributed by atoms with Crippen LogP contribution in [0.4, 0.5) is 0 Å². The number of ether oxygens (including phenoxy) is 1. The van der Waals surface area contributed by atoms with Crippen LogP contribution in [-0.2, 0) is 4.74 Å². The third-order valence-electron chi connectivity index (χ3n) is 2.30. The van der Waals surface area contributed by atoms with Crippen molar-refractivity contribution in [3.05, 3.63) is 35.9 Å². The molecule has 2 nitrogen and oxygen atoms in total. The summed E-state index contributed by atoms with van der Waals surface area (Å²) in [7, 11) is 0. The molecule has 2 unspecified atom stereocenters. The maximum Gasteiger partial charge on any atom is 0.0681 e. The van der Waals surface area contributed by atoms with Gasteiger partial charge in [0.05, 0.1) is 18.0 Å². The third-order valence-corrected chi connectivity index (χ3v) is 3.33. The van der Waals surface area contributed by atoms with Crippen molar-refractivity contribution < 1.29 is 4.74 Å². The fraction of sp³-hybridized carbons (Fsp3) is 0.455. The smallest absolute Gasteiger partial charge is 0.0681 e. The summed E-state index contributed by atoms with van der Waals surface area (Å²) in [4.78, 5) is 0. The second-order valence-corrected chi connectivity index (χ2v) is 4.60. The molecule has 0 amide bonds. The Kier molecular flexibility index (Phi) is 3.45. The van der Waals surface area contributed by atoms with Crippen LogP contribution in [-0.4, -0.2) is 19.3 Å². The van der Waals surface area contributed by atoms with E-state index in [1.807, 2.05) is 6.07 Å². The van der Waals surface area contributed by atoms with Gasteiger partial charge in [0.1, 0.15) is 0 Å². The molecule has 2 rings (SSSR count). The molecular formula is C11H15NOS. The Balaban J connectivity index is 2.04. The molecule has 1 aliphatic rings. The van der Waals surface area contributed by atoms with Crippen molar-refractivity contribution in [2.45, 2.75) is 18.3 Å². The van der Waals surface area contributed by atoms with Crippen LogP contribution in [0, 0.1) is 0 Å². The highest BCUT2D eigenvalue weighted by molar-refractivity contribution is 7.97. The van der Waals surface area contributed by atoms with Gasteiger partial charge in [-0.15, -0.1) is 0 Å². The largest absolute Gasteiger partial charge is 0.376 e. The number of hydrogen-bond donors (Lipinski definition) is 1. The summed E-state index contributed by atoms with van der Waals surface area (Å²) in [6.45, 7) is 3.82. The molecule has 1 saturated heterocycles. The lowest BCUT2D eigenvalue weighted by Gasteiger charge is -2.13. The van der Waals surface area contributed by atoms with Gasteiger partial charge >= 0.3 is 0 Å². The molecule has 0 spiro atoms. The molecule has 2 atom stereocenters. The molecule has 1 aromatic carbocycles. The summed E-state index contributed by atoms with van der Waals surface area (Å²) in [5, 5.41) is 0.418. The van der Waals surface area contributed by atoms with Crippen molar-refractivity contribution in [2.24, 2.45) is 0 Å². The topological polar surface area (TPSA) is 21.3 Å². The first-order valence-electron chi connectivity index (χ1n) is 4.91. The predicted molar refractivity (Wildman–Crippen MR) is 60.2 cm³/mol. The predicted octanol–water partition coefficient (Wildman–Crippen LogP) is 2.38. The molecule has 0 aromatic heterocycles. The third kappa shape index (κ3) is 2.50. The average molecular weight is 209 g/mol. The highest BCUT2D eigenvalue weighted by Crippen LogP contribution is 2.28. The minimum Gasteiger partial charge on any atom is -0.376 e. The van der Waals surface area contributed by atoms with E-state index in [4.69, 9.17) is 4.74 Å². The molecule has 76 valence electrons. The van der Waals surface area contributed by atoms with E-state index in [-0.39, 0.29) is 0 Å². The Morgan fingerprint density at radius 2 is 2.14 bits per heavy atom. The van der Waals surface area contributed by atoms with Gasteiger partial charge in [-0.1, -0.05) is 42.3 Å². The Morgan fingerprint density at radius 3 is 2.93 bits per heavy atom. The van der Waals surface area contributed by atoms with E-state index in [2.05, 4.69) is 35.9 Å². The van der Waals surface area contributed by atoms with Gasteiger partial charge in [-0.25, -0.2) is 0 Å². The van der Waals surface area contributed by atoms with Gasteiger partial charge in [0.15, 0.2) is 0 Å². The molecule has 0 aliphatic carbocycles. The van der Waals surface area contributed by atoms with Crippen LogP contribution in [0.15, 0.2) is 30.3 Å². The van der Waals surface area contributed by atoms with E-state index in [9.17, 15) is 0 Å². The zero-order chi connectivity index (χ0) is 9.80. The zero-order valence-electron chi connectivity index (χ0n) is 8.27. The molecule has 1 aliphatic heterocycles. The zero-order valence-corrected chi connectivity index (χ0v) is 9.09. The van der Waals surface area contributed by atoms with E-state index in [1.165, 1.54) is 5.56 Å². The first-order valence-corrected chi connectivity index (χ1v) is 5.79. The molecule has 1 N–H and O–H groups in total. The van der Waals surface area contributed by atoms with Gasteiger partial charge in [0.25, 0.3) is 0 Å². The molecular weight excluding hydrogens is 194 g/mol. The fourth-order valence-electron chi connectivity index (χ4n) is 1.44. The van der Waals surface area contributed by atoms with Gasteiger partial charge in [-0.05, 0) is 12.5 Å². The molecule has 1 heterocycles. The van der Waals surface area contributed by atoms with Crippen LogP contribution in [0.5, 0.6) is 0 Å². The Hall–Kier alpha value is -0.510. The van der Waals surface area contributed by atoms with Crippen LogP contribution < -0.4 is 4.72 Å². The van der Waals surface area contributed by atoms with E-state index in [0.717, 1.165) is 13.2 Å². The van der Waals surface area contributed by atoms with Crippen molar-refractivity contribution in [1.82, 2.24) is 4.72 Å². The number of hydrogen-bond acceptors (Lipinski definition) is 3. The van der Waals surface area contributed by atoms with Crippen LogP contribution in [0.3, 0.4) is 0 Å². The minimum atomic E-state index is 0.316. The Bertz CT molecular complexity index is 278. The Morgan fingerprint density at radius 1 is 1.36 bits per heavy atom. The van der Waals surface area contributed by atoms with Gasteiger partial charge < -0.3 is 4.74 Å². The molecule has 0 saturated carbocycles. The SMILES string of the molecule is CC1CNSC(c2ccccc2)CO1. The lowest BCUT2D eigenvalue weighted by Crippen LogP contribution is -2.18. The van der Waals surface area contributed by atoms with E-state index in [0.29, 0.717) is 11.4 Å². The van der Waals surface area contributed by atoms with E-state index < -0.39 is 0 Å². The highest BCUT2D eigenvalue weighted by Gasteiger charge is 2.17. The van der Waals surface area contributed by atoms with Crippen molar-refractivity contribution in [3.8, 4) is 0 Å².